The van der Waals surface area contributed by atoms with Gasteiger partial charge < -0.3 is 10.6 Å². The van der Waals surface area contributed by atoms with E-state index in [1.165, 1.54) is 42.4 Å². The molecule has 0 saturated heterocycles. The summed E-state index contributed by atoms with van der Waals surface area (Å²) in [6, 6.07) is 12.9. The smallest absolute Gasteiger partial charge is 0.242 e. The number of nitrogens with one attached hydrogen (secondary N) is 2. The molecule has 150 valence electrons. The van der Waals surface area contributed by atoms with Crippen LogP contribution >= 0.6 is 0 Å². The van der Waals surface area contributed by atoms with Crippen LogP contribution in [-0.4, -0.2) is 39.3 Å². The third kappa shape index (κ3) is 4.54. The minimum atomic E-state index is -3.55. The molecule has 0 spiro atoms. The van der Waals surface area contributed by atoms with Crippen LogP contribution in [0.3, 0.4) is 0 Å². The van der Waals surface area contributed by atoms with Gasteiger partial charge in [-0.25, -0.2) is 12.7 Å². The van der Waals surface area contributed by atoms with Gasteiger partial charge in [0.25, 0.3) is 0 Å². The number of carbonyl (C=O) groups is 1. The van der Waals surface area contributed by atoms with Crippen molar-refractivity contribution in [3.63, 3.8) is 0 Å². The summed E-state index contributed by atoms with van der Waals surface area (Å²) < 4.78 is 26.1. The average Bonchev–Trinajstić information content (AvgIpc) is 2.70. The van der Waals surface area contributed by atoms with Crippen molar-refractivity contribution in [1.82, 2.24) is 9.62 Å². The molecule has 0 atom stereocenters. The first-order chi connectivity index (χ1) is 13.4. The number of amides is 1. The van der Waals surface area contributed by atoms with Crippen LogP contribution < -0.4 is 10.6 Å². The van der Waals surface area contributed by atoms with Gasteiger partial charge in [0, 0.05) is 26.3 Å². The Balaban J connectivity index is 1.62. The Kier molecular flexibility index (Phi) is 6.36. The lowest BCUT2D eigenvalue weighted by molar-refractivity contribution is -0.119. The maximum absolute atomic E-state index is 12.4. The molecule has 1 amide bonds. The van der Waals surface area contributed by atoms with E-state index in [1.54, 1.807) is 24.3 Å². The number of rotatable bonds is 7. The van der Waals surface area contributed by atoms with Crippen LogP contribution in [0.25, 0.3) is 0 Å². The van der Waals surface area contributed by atoms with Crippen molar-refractivity contribution in [3.05, 3.63) is 59.2 Å². The highest BCUT2D eigenvalue weighted by Crippen LogP contribution is 2.27. The number of carbonyl (C=O) groups excluding carboxylic acids is 1. The molecule has 2 aromatic rings. The third-order valence-electron chi connectivity index (χ3n) is 5.04. The fraction of sp³-hybridized carbons (Fsp3) is 0.381. The molecule has 6 nitrogen and oxygen atoms in total. The Labute approximate surface area is 167 Å². The molecule has 0 aliphatic heterocycles. The van der Waals surface area contributed by atoms with E-state index in [4.69, 9.17) is 0 Å². The Hall–Kier alpha value is -2.38. The summed E-state index contributed by atoms with van der Waals surface area (Å²) in [6.07, 6.45) is 4.52. The molecule has 0 unspecified atom stereocenters. The normalized spacial score (nSPS) is 13.8. The molecule has 7 heteroatoms. The number of hydrogen-bond donors (Lipinski definition) is 2. The van der Waals surface area contributed by atoms with Crippen LogP contribution in [0.2, 0.25) is 0 Å². The summed E-state index contributed by atoms with van der Waals surface area (Å²) in [5.74, 6) is -0.175. The third-order valence-corrected chi connectivity index (χ3v) is 6.96. The Morgan fingerprint density at radius 2 is 1.79 bits per heavy atom. The largest absolute Gasteiger partial charge is 0.376 e. The van der Waals surface area contributed by atoms with Crippen LogP contribution in [0, 0.1) is 0 Å². The fourth-order valence-electron chi connectivity index (χ4n) is 3.48. The number of benzene rings is 2. The standard InChI is InChI=1S/C21H27N3O3S/c1-24(2)28(26,27)20-13-6-4-9-17(20)14-23-21(25)15-22-19-12-7-10-16-8-3-5-11-18(16)19/h4,6-7,9-10,12-13,22H,3,5,8,11,14-15H2,1-2H3,(H,23,25). The second kappa shape index (κ2) is 8.75. The molecule has 0 heterocycles. The Morgan fingerprint density at radius 1 is 1.04 bits per heavy atom. The van der Waals surface area contributed by atoms with Crippen LogP contribution in [0.1, 0.15) is 29.5 Å². The highest BCUT2D eigenvalue weighted by molar-refractivity contribution is 7.89. The molecule has 0 radical (unpaired) electrons. The van der Waals surface area contributed by atoms with E-state index in [0.29, 0.717) is 5.56 Å². The fourth-order valence-corrected chi connectivity index (χ4v) is 4.59. The van der Waals surface area contributed by atoms with Gasteiger partial charge in [0.2, 0.25) is 15.9 Å². The van der Waals surface area contributed by atoms with Crippen molar-refractivity contribution in [2.45, 2.75) is 37.1 Å². The molecule has 0 saturated carbocycles. The minimum Gasteiger partial charge on any atom is -0.376 e. The van der Waals surface area contributed by atoms with Crippen LogP contribution in [0.5, 0.6) is 0 Å². The molecule has 3 rings (SSSR count). The van der Waals surface area contributed by atoms with Crippen molar-refractivity contribution in [2.24, 2.45) is 0 Å². The van der Waals surface area contributed by atoms with Gasteiger partial charge >= 0.3 is 0 Å². The van der Waals surface area contributed by atoms with Gasteiger partial charge in [0.05, 0.1) is 11.4 Å². The summed E-state index contributed by atoms with van der Waals surface area (Å²) in [7, 11) is -0.564. The number of aryl methyl sites for hydroxylation is 1. The first-order valence-electron chi connectivity index (χ1n) is 9.51. The Bertz CT molecular complexity index is 955. The van der Waals surface area contributed by atoms with Gasteiger partial charge in [-0.2, -0.15) is 0 Å². The first-order valence-corrected chi connectivity index (χ1v) is 11.0. The van der Waals surface area contributed by atoms with E-state index in [-0.39, 0.29) is 23.9 Å². The number of hydrogen-bond acceptors (Lipinski definition) is 4. The summed E-state index contributed by atoms with van der Waals surface area (Å²) in [5.41, 5.74) is 4.26. The van der Waals surface area contributed by atoms with E-state index in [1.807, 2.05) is 12.1 Å². The van der Waals surface area contributed by atoms with Crippen molar-refractivity contribution in [1.29, 1.82) is 0 Å². The van der Waals surface area contributed by atoms with Gasteiger partial charge in [-0.3, -0.25) is 4.79 Å². The van der Waals surface area contributed by atoms with Crippen molar-refractivity contribution < 1.29 is 13.2 Å². The molecular formula is C21H27N3O3S. The Morgan fingerprint density at radius 3 is 2.57 bits per heavy atom. The van der Waals surface area contributed by atoms with E-state index < -0.39 is 10.0 Å². The SMILES string of the molecule is CN(C)S(=O)(=O)c1ccccc1CNC(=O)CNc1cccc2c1CCCC2. The number of anilines is 1. The average molecular weight is 402 g/mol. The van der Waals surface area contributed by atoms with Gasteiger partial charge in [-0.15, -0.1) is 0 Å². The van der Waals surface area contributed by atoms with Crippen molar-refractivity contribution >= 4 is 21.6 Å². The predicted molar refractivity (Wildman–Crippen MR) is 111 cm³/mol. The minimum absolute atomic E-state index is 0.152. The molecule has 0 fully saturated rings. The van der Waals surface area contributed by atoms with Crippen molar-refractivity contribution in [2.75, 3.05) is 26.0 Å². The van der Waals surface area contributed by atoms with Crippen molar-refractivity contribution in [3.8, 4) is 0 Å². The zero-order chi connectivity index (χ0) is 20.1. The van der Waals surface area contributed by atoms with Crippen LogP contribution in [0.4, 0.5) is 5.69 Å². The van der Waals surface area contributed by atoms with Crippen LogP contribution in [-0.2, 0) is 34.2 Å². The molecule has 0 aromatic heterocycles. The summed E-state index contributed by atoms with van der Waals surface area (Å²) >= 11 is 0. The quantitative estimate of drug-likeness (QED) is 0.747. The second-order valence-electron chi connectivity index (χ2n) is 7.18. The van der Waals surface area contributed by atoms with Gasteiger partial charge in [0.15, 0.2) is 0 Å². The number of sulfonamides is 1. The lowest BCUT2D eigenvalue weighted by atomic mass is 9.90. The van der Waals surface area contributed by atoms with Gasteiger partial charge in [-0.05, 0) is 54.5 Å². The summed E-state index contributed by atoms with van der Waals surface area (Å²) in [5, 5.41) is 6.05. The monoisotopic (exact) mass is 401 g/mol. The molecule has 28 heavy (non-hydrogen) atoms. The summed E-state index contributed by atoms with van der Waals surface area (Å²) in [4.78, 5) is 12.5. The van der Waals surface area contributed by atoms with E-state index in [0.717, 1.165) is 18.5 Å². The molecule has 1 aliphatic rings. The second-order valence-corrected chi connectivity index (χ2v) is 9.30. The van der Waals surface area contributed by atoms with E-state index >= 15 is 0 Å². The molecule has 0 bridgehead atoms. The highest BCUT2D eigenvalue weighted by atomic mass is 32.2. The molecular weight excluding hydrogens is 374 g/mol. The van der Waals surface area contributed by atoms with Gasteiger partial charge in [-0.1, -0.05) is 30.3 Å². The number of fused-ring (bicyclic) bond motifs is 1. The lowest BCUT2D eigenvalue weighted by Gasteiger charge is -2.20. The highest BCUT2D eigenvalue weighted by Gasteiger charge is 2.21. The number of nitrogens with zero attached hydrogens (tertiary/aromatic N) is 1. The maximum atomic E-state index is 12.4. The molecule has 2 N–H and O–H groups in total. The predicted octanol–water partition coefficient (Wildman–Crippen LogP) is 2.54. The topological polar surface area (TPSA) is 78.5 Å². The molecule has 1 aliphatic carbocycles. The zero-order valence-electron chi connectivity index (χ0n) is 16.4. The van der Waals surface area contributed by atoms with Crippen LogP contribution in [0.15, 0.2) is 47.4 Å². The maximum Gasteiger partial charge on any atom is 0.242 e. The summed E-state index contributed by atoms with van der Waals surface area (Å²) in [6.45, 7) is 0.315. The van der Waals surface area contributed by atoms with Gasteiger partial charge in [0.1, 0.15) is 0 Å². The lowest BCUT2D eigenvalue weighted by Crippen LogP contribution is -2.31. The van der Waals surface area contributed by atoms with E-state index in [9.17, 15) is 13.2 Å². The zero-order valence-corrected chi connectivity index (χ0v) is 17.2. The first kappa shape index (κ1) is 20.4. The van der Waals surface area contributed by atoms with E-state index in [2.05, 4.69) is 16.7 Å². The molecule has 2 aromatic carbocycles.